The topological polar surface area (TPSA) is 86.8 Å². The van der Waals surface area contributed by atoms with Crippen molar-refractivity contribution in [2.24, 2.45) is 0 Å². The van der Waals surface area contributed by atoms with Gasteiger partial charge < -0.3 is 10.2 Å². The van der Waals surface area contributed by atoms with Crippen molar-refractivity contribution in [3.05, 3.63) is 65.2 Å². The van der Waals surface area contributed by atoms with Crippen LogP contribution in [0.2, 0.25) is 0 Å². The zero-order valence-electron chi connectivity index (χ0n) is 20.6. The number of nitrogens with one attached hydrogen (secondary N) is 1. The van der Waals surface area contributed by atoms with Gasteiger partial charge in [-0.1, -0.05) is 36.8 Å². The second kappa shape index (κ2) is 12.6. The summed E-state index contributed by atoms with van der Waals surface area (Å²) in [6.07, 6.45) is 1.81. The summed E-state index contributed by atoms with van der Waals surface area (Å²) in [5.41, 5.74) is 1.86. The maximum Gasteiger partial charge on any atom is 0.242 e. The molecule has 10 heteroatoms. The lowest BCUT2D eigenvalue weighted by Gasteiger charge is -2.29. The first kappa shape index (κ1) is 28.2. The fourth-order valence-electron chi connectivity index (χ4n) is 3.63. The number of anilines is 1. The van der Waals surface area contributed by atoms with E-state index in [2.05, 4.69) is 5.32 Å². The predicted molar refractivity (Wildman–Crippen MR) is 132 cm³/mol. The quantitative estimate of drug-likeness (QED) is 0.472. The number of sulfonamides is 1. The Labute approximate surface area is 206 Å². The molecule has 35 heavy (non-hydrogen) atoms. The highest BCUT2D eigenvalue weighted by Crippen LogP contribution is 2.21. The Balaban J connectivity index is 2.17. The molecule has 0 aromatic heterocycles. The van der Waals surface area contributed by atoms with Crippen molar-refractivity contribution in [1.82, 2.24) is 10.2 Å². The second-order valence-corrected chi connectivity index (χ2v) is 10.4. The van der Waals surface area contributed by atoms with E-state index in [0.29, 0.717) is 6.54 Å². The van der Waals surface area contributed by atoms with Crippen LogP contribution in [-0.2, 0) is 26.2 Å². The molecule has 0 aliphatic heterocycles. The molecule has 0 fully saturated rings. The van der Waals surface area contributed by atoms with Gasteiger partial charge in [0, 0.05) is 32.1 Å². The lowest BCUT2D eigenvalue weighted by Crippen LogP contribution is -2.47. The zero-order chi connectivity index (χ0) is 26.2. The molecule has 192 valence electrons. The van der Waals surface area contributed by atoms with Gasteiger partial charge in [-0.05, 0) is 44.4 Å². The normalized spacial score (nSPS) is 12.2. The van der Waals surface area contributed by atoms with Crippen molar-refractivity contribution in [1.29, 1.82) is 0 Å². The van der Waals surface area contributed by atoms with Crippen LogP contribution in [0.4, 0.5) is 14.5 Å². The summed E-state index contributed by atoms with van der Waals surface area (Å²) in [5.74, 6) is -2.83. The van der Waals surface area contributed by atoms with Crippen LogP contribution in [0.15, 0.2) is 42.5 Å². The standard InChI is InChI=1S/C25H33F2N3O4S/c1-5-13-28-25(32)19(3)29(17-20-9-6-8-18(2)15-20)24(31)10-7-14-30(35(4,33)34)21-11-12-22(26)23(27)16-21/h6,8-9,11-12,15-16,19H,5,7,10,13-14,17H2,1-4H3,(H,28,32). The smallest absolute Gasteiger partial charge is 0.242 e. The molecule has 2 aromatic carbocycles. The summed E-state index contributed by atoms with van der Waals surface area (Å²) in [7, 11) is -3.80. The van der Waals surface area contributed by atoms with Crippen molar-refractivity contribution in [2.45, 2.75) is 52.6 Å². The van der Waals surface area contributed by atoms with Crippen LogP contribution in [0, 0.1) is 18.6 Å². The minimum atomic E-state index is -3.80. The first-order chi connectivity index (χ1) is 16.4. The van der Waals surface area contributed by atoms with Crippen LogP contribution in [0.5, 0.6) is 0 Å². The van der Waals surface area contributed by atoms with E-state index in [1.54, 1.807) is 6.92 Å². The SMILES string of the molecule is CCCNC(=O)C(C)N(Cc1cccc(C)c1)C(=O)CCCN(c1ccc(F)c(F)c1)S(C)(=O)=O. The average Bonchev–Trinajstić information content (AvgIpc) is 2.79. The first-order valence-electron chi connectivity index (χ1n) is 11.5. The van der Waals surface area contributed by atoms with Crippen LogP contribution in [0.3, 0.4) is 0 Å². The van der Waals surface area contributed by atoms with E-state index in [0.717, 1.165) is 40.2 Å². The molecular weight excluding hydrogens is 476 g/mol. The van der Waals surface area contributed by atoms with Gasteiger partial charge in [-0.2, -0.15) is 0 Å². The summed E-state index contributed by atoms with van der Waals surface area (Å²) in [6, 6.07) is 9.73. The number of carbonyl (C=O) groups is 2. The largest absolute Gasteiger partial charge is 0.354 e. The number of carbonyl (C=O) groups excluding carboxylic acids is 2. The molecule has 2 amide bonds. The van der Waals surface area contributed by atoms with Crippen LogP contribution in [0.25, 0.3) is 0 Å². The molecule has 0 aliphatic carbocycles. The summed E-state index contributed by atoms with van der Waals surface area (Å²) in [6.45, 7) is 6.13. The fourth-order valence-corrected chi connectivity index (χ4v) is 4.59. The molecule has 1 atom stereocenters. The van der Waals surface area contributed by atoms with E-state index in [4.69, 9.17) is 0 Å². The Bertz CT molecular complexity index is 1140. The molecular formula is C25H33F2N3O4S. The molecule has 0 spiro atoms. The fraction of sp³-hybridized carbons (Fsp3) is 0.440. The van der Waals surface area contributed by atoms with E-state index in [1.165, 1.54) is 11.0 Å². The van der Waals surface area contributed by atoms with Crippen molar-refractivity contribution in [2.75, 3.05) is 23.7 Å². The summed E-state index contributed by atoms with van der Waals surface area (Å²) in [5, 5.41) is 2.80. The Morgan fingerprint density at radius 2 is 1.80 bits per heavy atom. The summed E-state index contributed by atoms with van der Waals surface area (Å²) in [4.78, 5) is 27.3. The lowest BCUT2D eigenvalue weighted by atomic mass is 10.1. The highest BCUT2D eigenvalue weighted by molar-refractivity contribution is 7.92. The summed E-state index contributed by atoms with van der Waals surface area (Å²) < 4.78 is 52.5. The lowest BCUT2D eigenvalue weighted by molar-refractivity contribution is -0.140. The van der Waals surface area contributed by atoms with Gasteiger partial charge in [0.1, 0.15) is 6.04 Å². The van der Waals surface area contributed by atoms with Crippen LogP contribution in [0.1, 0.15) is 44.2 Å². The molecule has 7 nitrogen and oxygen atoms in total. The number of amides is 2. The van der Waals surface area contributed by atoms with Gasteiger partial charge in [-0.3, -0.25) is 13.9 Å². The van der Waals surface area contributed by atoms with Crippen LogP contribution in [-0.4, -0.2) is 50.5 Å². The number of benzene rings is 2. The number of aryl methyl sites for hydroxylation is 1. The monoisotopic (exact) mass is 509 g/mol. The molecule has 0 radical (unpaired) electrons. The van der Waals surface area contributed by atoms with Gasteiger partial charge in [-0.25, -0.2) is 17.2 Å². The Kier molecular flexibility index (Phi) is 10.2. The molecule has 1 N–H and O–H groups in total. The van der Waals surface area contributed by atoms with Gasteiger partial charge in [0.15, 0.2) is 11.6 Å². The summed E-state index contributed by atoms with van der Waals surface area (Å²) >= 11 is 0. The number of halogens is 2. The number of hydrogen-bond acceptors (Lipinski definition) is 4. The van der Waals surface area contributed by atoms with Gasteiger partial charge in [-0.15, -0.1) is 0 Å². The molecule has 0 bridgehead atoms. The van der Waals surface area contributed by atoms with Gasteiger partial charge >= 0.3 is 0 Å². The maximum atomic E-state index is 13.7. The molecule has 0 heterocycles. The highest BCUT2D eigenvalue weighted by atomic mass is 32.2. The van der Waals surface area contributed by atoms with Crippen LogP contribution >= 0.6 is 0 Å². The molecule has 2 rings (SSSR count). The van der Waals surface area contributed by atoms with E-state index >= 15 is 0 Å². The van der Waals surface area contributed by atoms with Gasteiger partial charge in [0.2, 0.25) is 21.8 Å². The Morgan fingerprint density at radius 1 is 1.09 bits per heavy atom. The number of hydrogen-bond donors (Lipinski definition) is 1. The Morgan fingerprint density at radius 3 is 2.40 bits per heavy atom. The third kappa shape index (κ3) is 8.31. The average molecular weight is 510 g/mol. The third-order valence-corrected chi connectivity index (χ3v) is 6.69. The first-order valence-corrected chi connectivity index (χ1v) is 13.3. The van der Waals surface area contributed by atoms with E-state index in [-0.39, 0.29) is 43.4 Å². The molecule has 0 saturated carbocycles. The molecule has 0 aliphatic rings. The van der Waals surface area contributed by atoms with E-state index in [9.17, 15) is 26.8 Å². The minimum Gasteiger partial charge on any atom is -0.354 e. The number of nitrogens with zero attached hydrogens (tertiary/aromatic N) is 2. The van der Waals surface area contributed by atoms with Crippen LogP contribution < -0.4 is 9.62 Å². The molecule has 1 unspecified atom stereocenters. The number of rotatable bonds is 12. The maximum absolute atomic E-state index is 13.7. The molecule has 2 aromatic rings. The van der Waals surface area contributed by atoms with Crippen molar-refractivity contribution >= 4 is 27.5 Å². The highest BCUT2D eigenvalue weighted by Gasteiger charge is 2.26. The zero-order valence-corrected chi connectivity index (χ0v) is 21.4. The van der Waals surface area contributed by atoms with Crippen molar-refractivity contribution < 1.29 is 26.8 Å². The molecule has 0 saturated heterocycles. The minimum absolute atomic E-state index is 0.0252. The third-order valence-electron chi connectivity index (χ3n) is 5.50. The van der Waals surface area contributed by atoms with Crippen molar-refractivity contribution in [3.63, 3.8) is 0 Å². The van der Waals surface area contributed by atoms with Crippen molar-refractivity contribution in [3.8, 4) is 0 Å². The predicted octanol–water partition coefficient (Wildman–Crippen LogP) is 3.76. The Hall–Kier alpha value is -3.01. The van der Waals surface area contributed by atoms with Gasteiger partial charge in [0.25, 0.3) is 0 Å². The van der Waals surface area contributed by atoms with E-state index < -0.39 is 27.7 Å². The second-order valence-electron chi connectivity index (χ2n) is 8.51. The van der Waals surface area contributed by atoms with Gasteiger partial charge in [0.05, 0.1) is 11.9 Å². The van der Waals surface area contributed by atoms with E-state index in [1.807, 2.05) is 38.1 Å².